The fourth-order valence-corrected chi connectivity index (χ4v) is 1.91. The van der Waals surface area contributed by atoms with Gasteiger partial charge in [0.2, 0.25) is 0 Å². The van der Waals surface area contributed by atoms with Crippen molar-refractivity contribution in [3.8, 4) is 0 Å². The Kier molecular flexibility index (Phi) is 14.8. The van der Waals surface area contributed by atoms with Crippen molar-refractivity contribution in [3.63, 3.8) is 0 Å². The number of ether oxygens (including phenoxy) is 2. The highest BCUT2D eigenvalue weighted by Gasteiger charge is 2.02. The first-order valence-corrected chi connectivity index (χ1v) is 7.57. The topological polar surface area (TPSA) is 38.7 Å². The van der Waals surface area contributed by atoms with E-state index in [1.807, 2.05) is 0 Å². The first kappa shape index (κ1) is 17.9. The van der Waals surface area contributed by atoms with Crippen LogP contribution in [-0.2, 0) is 9.47 Å². The first-order valence-electron chi connectivity index (χ1n) is 7.57. The molecule has 1 atom stereocenters. The highest BCUT2D eigenvalue weighted by molar-refractivity contribution is 4.54. The first-order chi connectivity index (χ1) is 8.81. The van der Waals surface area contributed by atoms with Crippen molar-refractivity contribution in [2.75, 3.05) is 33.0 Å². The number of hydrogen-bond donors (Lipinski definition) is 1. The molecular formula is C15H32O3. The summed E-state index contributed by atoms with van der Waals surface area (Å²) in [6, 6.07) is 0. The Morgan fingerprint density at radius 3 is 2.17 bits per heavy atom. The molecule has 0 amide bonds. The van der Waals surface area contributed by atoms with Crippen molar-refractivity contribution in [3.05, 3.63) is 0 Å². The number of rotatable bonds is 14. The second-order valence-corrected chi connectivity index (χ2v) is 5.05. The predicted molar refractivity (Wildman–Crippen MR) is 75.9 cm³/mol. The Balaban J connectivity index is 3.09. The average Bonchev–Trinajstić information content (AvgIpc) is 2.37. The average molecular weight is 260 g/mol. The molecule has 3 nitrogen and oxygen atoms in total. The Morgan fingerprint density at radius 2 is 1.50 bits per heavy atom. The zero-order chi connectivity index (χ0) is 13.5. The van der Waals surface area contributed by atoms with Crippen molar-refractivity contribution < 1.29 is 14.6 Å². The summed E-state index contributed by atoms with van der Waals surface area (Å²) in [5.41, 5.74) is 0. The maximum absolute atomic E-state index is 8.51. The van der Waals surface area contributed by atoms with Crippen LogP contribution in [0.25, 0.3) is 0 Å². The summed E-state index contributed by atoms with van der Waals surface area (Å²) >= 11 is 0. The van der Waals surface area contributed by atoms with Crippen molar-refractivity contribution in [2.45, 2.75) is 58.8 Å². The third-order valence-electron chi connectivity index (χ3n) is 3.16. The van der Waals surface area contributed by atoms with E-state index >= 15 is 0 Å². The molecule has 0 saturated heterocycles. The lowest BCUT2D eigenvalue weighted by atomic mass is 10.00. The third kappa shape index (κ3) is 13.9. The lowest BCUT2D eigenvalue weighted by Crippen LogP contribution is -2.09. The fourth-order valence-electron chi connectivity index (χ4n) is 1.91. The van der Waals surface area contributed by atoms with Gasteiger partial charge in [0.25, 0.3) is 0 Å². The van der Waals surface area contributed by atoms with Gasteiger partial charge in [-0.3, -0.25) is 0 Å². The Morgan fingerprint density at radius 1 is 0.833 bits per heavy atom. The summed E-state index contributed by atoms with van der Waals surface area (Å²) < 4.78 is 10.6. The number of hydrogen-bond acceptors (Lipinski definition) is 3. The van der Waals surface area contributed by atoms with Gasteiger partial charge < -0.3 is 14.6 Å². The van der Waals surface area contributed by atoms with Gasteiger partial charge in [0.05, 0.1) is 26.4 Å². The normalized spacial score (nSPS) is 12.8. The van der Waals surface area contributed by atoms with E-state index in [9.17, 15) is 0 Å². The highest BCUT2D eigenvalue weighted by Crippen LogP contribution is 2.14. The SMILES string of the molecule is CCCCCCCC(C)CCOCCOCCO. The summed E-state index contributed by atoms with van der Waals surface area (Å²) in [4.78, 5) is 0. The lowest BCUT2D eigenvalue weighted by molar-refractivity contribution is 0.0297. The van der Waals surface area contributed by atoms with E-state index in [1.54, 1.807) is 0 Å². The van der Waals surface area contributed by atoms with Crippen LogP contribution in [0.15, 0.2) is 0 Å². The lowest BCUT2D eigenvalue weighted by Gasteiger charge is -2.11. The molecule has 0 spiro atoms. The van der Waals surface area contributed by atoms with E-state index in [0.717, 1.165) is 18.9 Å². The van der Waals surface area contributed by atoms with Gasteiger partial charge in [-0.15, -0.1) is 0 Å². The van der Waals surface area contributed by atoms with Gasteiger partial charge in [-0.1, -0.05) is 52.4 Å². The van der Waals surface area contributed by atoms with E-state index in [4.69, 9.17) is 14.6 Å². The Hall–Kier alpha value is -0.120. The summed E-state index contributed by atoms with van der Waals surface area (Å²) in [7, 11) is 0. The van der Waals surface area contributed by atoms with Crippen LogP contribution in [-0.4, -0.2) is 38.1 Å². The Labute approximate surface area is 113 Å². The second-order valence-electron chi connectivity index (χ2n) is 5.05. The van der Waals surface area contributed by atoms with Crippen LogP contribution in [0.1, 0.15) is 58.8 Å². The smallest absolute Gasteiger partial charge is 0.0701 e. The van der Waals surface area contributed by atoms with Gasteiger partial charge in [0.1, 0.15) is 0 Å². The highest BCUT2D eigenvalue weighted by atomic mass is 16.5. The molecule has 0 aliphatic heterocycles. The molecule has 0 aromatic carbocycles. The van der Waals surface area contributed by atoms with Crippen molar-refractivity contribution in [1.82, 2.24) is 0 Å². The molecule has 3 heteroatoms. The van der Waals surface area contributed by atoms with Crippen LogP contribution < -0.4 is 0 Å². The predicted octanol–water partition coefficient (Wildman–Crippen LogP) is 3.40. The molecule has 0 aromatic rings. The van der Waals surface area contributed by atoms with Crippen molar-refractivity contribution in [1.29, 1.82) is 0 Å². The van der Waals surface area contributed by atoms with Crippen LogP contribution in [0.3, 0.4) is 0 Å². The molecule has 0 saturated carbocycles. The van der Waals surface area contributed by atoms with Gasteiger partial charge in [0, 0.05) is 6.61 Å². The molecule has 0 rings (SSSR count). The summed E-state index contributed by atoms with van der Waals surface area (Å²) in [6.07, 6.45) is 9.31. The van der Waals surface area contributed by atoms with E-state index < -0.39 is 0 Å². The van der Waals surface area contributed by atoms with E-state index in [-0.39, 0.29) is 6.61 Å². The van der Waals surface area contributed by atoms with Crippen LogP contribution in [0.2, 0.25) is 0 Å². The van der Waals surface area contributed by atoms with Gasteiger partial charge in [0.15, 0.2) is 0 Å². The summed E-state index contributed by atoms with van der Waals surface area (Å²) in [6.45, 7) is 7.13. The van der Waals surface area contributed by atoms with Gasteiger partial charge >= 0.3 is 0 Å². The van der Waals surface area contributed by atoms with Crippen LogP contribution >= 0.6 is 0 Å². The zero-order valence-corrected chi connectivity index (χ0v) is 12.3. The van der Waals surface area contributed by atoms with Crippen molar-refractivity contribution >= 4 is 0 Å². The largest absolute Gasteiger partial charge is 0.394 e. The van der Waals surface area contributed by atoms with Gasteiger partial charge in [-0.2, -0.15) is 0 Å². The van der Waals surface area contributed by atoms with Gasteiger partial charge in [-0.05, 0) is 12.3 Å². The Bertz CT molecular complexity index is 151. The summed E-state index contributed by atoms with van der Waals surface area (Å²) in [5.74, 6) is 0.769. The molecule has 0 bridgehead atoms. The minimum atomic E-state index is 0.0923. The monoisotopic (exact) mass is 260 g/mol. The molecule has 0 radical (unpaired) electrons. The number of unbranched alkanes of at least 4 members (excludes halogenated alkanes) is 4. The fraction of sp³-hybridized carbons (Fsp3) is 1.00. The molecule has 1 unspecified atom stereocenters. The molecule has 0 fully saturated rings. The maximum atomic E-state index is 8.51. The standard InChI is InChI=1S/C15H32O3/c1-3-4-5-6-7-8-15(2)9-11-17-13-14-18-12-10-16/h15-16H,3-14H2,1-2H3. The van der Waals surface area contributed by atoms with E-state index in [2.05, 4.69) is 13.8 Å². The molecule has 18 heavy (non-hydrogen) atoms. The molecule has 0 aliphatic carbocycles. The molecule has 1 N–H and O–H groups in total. The van der Waals surface area contributed by atoms with Crippen LogP contribution in [0.5, 0.6) is 0 Å². The van der Waals surface area contributed by atoms with Crippen LogP contribution in [0.4, 0.5) is 0 Å². The number of aliphatic hydroxyl groups excluding tert-OH is 1. The van der Waals surface area contributed by atoms with Gasteiger partial charge in [-0.25, -0.2) is 0 Å². The zero-order valence-electron chi connectivity index (χ0n) is 12.3. The van der Waals surface area contributed by atoms with Crippen LogP contribution in [0, 0.1) is 5.92 Å². The third-order valence-corrected chi connectivity index (χ3v) is 3.16. The minimum Gasteiger partial charge on any atom is -0.394 e. The quantitative estimate of drug-likeness (QED) is 0.486. The van der Waals surface area contributed by atoms with Crippen molar-refractivity contribution in [2.24, 2.45) is 5.92 Å². The molecule has 0 heterocycles. The summed E-state index contributed by atoms with van der Waals surface area (Å²) in [5, 5.41) is 8.51. The molecule has 0 aromatic heterocycles. The maximum Gasteiger partial charge on any atom is 0.0701 e. The van der Waals surface area contributed by atoms with E-state index in [1.165, 1.54) is 38.5 Å². The second kappa shape index (κ2) is 14.9. The van der Waals surface area contributed by atoms with E-state index in [0.29, 0.717) is 19.8 Å². The molecule has 0 aliphatic rings. The minimum absolute atomic E-state index is 0.0923. The molecular weight excluding hydrogens is 228 g/mol. The number of aliphatic hydroxyl groups is 1. The molecule has 110 valence electrons.